The number of allylic oxidation sites excluding steroid dienone is 1. The van der Waals surface area contributed by atoms with Gasteiger partial charge in [-0.25, -0.2) is 0 Å². The Balaban J connectivity index is 1.27. The molecule has 1 atom stereocenters. The van der Waals surface area contributed by atoms with Gasteiger partial charge in [0.25, 0.3) is 0 Å². The van der Waals surface area contributed by atoms with Crippen LogP contribution in [0.5, 0.6) is 0 Å². The van der Waals surface area contributed by atoms with Gasteiger partial charge in [0.15, 0.2) is 0 Å². The lowest BCUT2D eigenvalue weighted by Crippen LogP contribution is -2.32. The molecule has 0 saturated heterocycles. The molecule has 0 aliphatic heterocycles. The summed E-state index contributed by atoms with van der Waals surface area (Å²) in [6.07, 6.45) is 7.65. The van der Waals surface area contributed by atoms with Gasteiger partial charge in [-0.3, -0.25) is 4.98 Å². The molecule has 1 heterocycles. The van der Waals surface area contributed by atoms with Gasteiger partial charge in [0.2, 0.25) is 7.28 Å². The molecule has 38 heavy (non-hydrogen) atoms. The molecule has 0 fully saturated rings. The Morgan fingerprint density at radius 1 is 0.763 bits per heavy atom. The summed E-state index contributed by atoms with van der Waals surface area (Å²) < 4.78 is 2.36. The lowest BCUT2D eigenvalue weighted by atomic mass is 9.58. The van der Waals surface area contributed by atoms with E-state index in [1.54, 1.807) is 0 Å². The molecule has 0 spiro atoms. The zero-order chi connectivity index (χ0) is 26.0. The highest BCUT2D eigenvalue weighted by Crippen LogP contribution is 2.26. The van der Waals surface area contributed by atoms with Crippen molar-refractivity contribution in [1.29, 1.82) is 0 Å². The van der Waals surface area contributed by atoms with Crippen LogP contribution in [0.2, 0.25) is 6.04 Å². The summed E-state index contributed by atoms with van der Waals surface area (Å²) in [6.45, 7) is 2.36. The topological polar surface area (TPSA) is 17.8 Å². The van der Waals surface area contributed by atoms with Crippen LogP contribution in [0, 0.1) is 5.92 Å². The molecule has 0 N–H and O–H groups in total. The van der Waals surface area contributed by atoms with Crippen molar-refractivity contribution in [2.45, 2.75) is 25.0 Å². The fraction of sp³-hybridized carbons (Fsp3) is 0.147. The third kappa shape index (κ3) is 6.70. The number of nitrogens with zero attached hydrogens (tertiary/aromatic N) is 2. The van der Waals surface area contributed by atoms with Crippen molar-refractivity contribution in [3.05, 3.63) is 162 Å². The number of rotatable bonds is 11. The molecule has 0 aliphatic carbocycles. The highest BCUT2D eigenvalue weighted by Gasteiger charge is 2.19. The molecule has 1 aromatic heterocycles. The van der Waals surface area contributed by atoms with Gasteiger partial charge in [0, 0.05) is 28.1 Å². The number of imidazole rings is 1. The summed E-state index contributed by atoms with van der Waals surface area (Å²) in [5, 5.41) is 0. The predicted octanol–water partition coefficient (Wildman–Crippen LogP) is 6.31. The van der Waals surface area contributed by atoms with Crippen LogP contribution in [0.4, 0.5) is 0 Å². The average molecular weight is 510 g/mol. The van der Waals surface area contributed by atoms with Gasteiger partial charge in [-0.2, -0.15) is 0 Å². The monoisotopic (exact) mass is 509 g/mol. The first-order valence-corrected chi connectivity index (χ1v) is 15.6. The van der Waals surface area contributed by atoms with E-state index < -0.39 is 0 Å². The minimum atomic E-state index is -0.330. The Bertz CT molecular complexity index is 1340. The van der Waals surface area contributed by atoms with Crippen LogP contribution in [0.3, 0.4) is 0 Å². The second kappa shape index (κ2) is 13.1. The molecule has 4 heteroatoms. The summed E-state index contributed by atoms with van der Waals surface area (Å²) in [7, 11) is 1.99. The summed E-state index contributed by atoms with van der Waals surface area (Å²) in [4.78, 5) is 4.75. The molecule has 1 radical (unpaired) electrons. The first-order valence-electron chi connectivity index (χ1n) is 13.6. The van der Waals surface area contributed by atoms with E-state index >= 15 is 0 Å². The Labute approximate surface area is 230 Å². The molecular weight excluding hydrogens is 475 g/mol. The van der Waals surface area contributed by atoms with Gasteiger partial charge in [-0.1, -0.05) is 140 Å². The van der Waals surface area contributed by atoms with Gasteiger partial charge >= 0.3 is 0 Å². The number of benzene rings is 4. The third-order valence-corrected chi connectivity index (χ3v) is 9.18. The largest absolute Gasteiger partial charge is 0.347 e. The lowest BCUT2D eigenvalue weighted by molar-refractivity contribution is 0.806. The second-order valence-corrected chi connectivity index (χ2v) is 11.6. The van der Waals surface area contributed by atoms with Gasteiger partial charge in [0.1, 0.15) is 0 Å². The average Bonchev–Trinajstić information content (AvgIpc) is 3.43. The smallest absolute Gasteiger partial charge is 0.215 e. The molecular formula is C34H34BN2Si. The molecule has 0 aliphatic rings. The molecule has 5 rings (SSSR count). The molecule has 5 aromatic rings. The van der Waals surface area contributed by atoms with Crippen molar-refractivity contribution in [3.63, 3.8) is 0 Å². The van der Waals surface area contributed by atoms with Crippen LogP contribution in [0.25, 0.3) is 5.57 Å². The summed E-state index contributed by atoms with van der Waals surface area (Å²) >= 11 is 0. The Hall–Kier alpha value is -3.89. The standard InChI is InChI=1S/C34H34BN2Si/c1-27(24-32(28-14-6-2-7-15-28)29-16-8-3-9-17-29)25-38-26-37-23-22-36-34(37)35-33(30-18-10-4-11-19-30)31-20-12-5-13-21-31/h2-24,27,33H,25-26,38H2,1H3. The van der Waals surface area contributed by atoms with E-state index in [0.717, 1.165) is 11.9 Å². The number of hydrogen-bond donors (Lipinski definition) is 0. The van der Waals surface area contributed by atoms with E-state index in [2.05, 4.69) is 152 Å². The van der Waals surface area contributed by atoms with E-state index in [4.69, 9.17) is 4.98 Å². The van der Waals surface area contributed by atoms with E-state index in [0.29, 0.717) is 5.92 Å². The Morgan fingerprint density at radius 3 is 1.79 bits per heavy atom. The molecule has 0 bridgehead atoms. The van der Waals surface area contributed by atoms with Crippen LogP contribution in [-0.2, 0) is 6.17 Å². The van der Waals surface area contributed by atoms with Crippen molar-refractivity contribution >= 4 is 28.1 Å². The third-order valence-electron chi connectivity index (χ3n) is 7.06. The molecule has 1 unspecified atom stereocenters. The van der Waals surface area contributed by atoms with Crippen molar-refractivity contribution in [1.82, 2.24) is 9.55 Å². The zero-order valence-electron chi connectivity index (χ0n) is 22.0. The zero-order valence-corrected chi connectivity index (χ0v) is 23.4. The highest BCUT2D eigenvalue weighted by molar-refractivity contribution is 6.54. The van der Waals surface area contributed by atoms with Gasteiger partial charge in [-0.05, 0) is 39.6 Å². The summed E-state index contributed by atoms with van der Waals surface area (Å²) in [6, 6.07) is 44.2. The molecule has 4 aromatic carbocycles. The van der Waals surface area contributed by atoms with Gasteiger partial charge in [-0.15, -0.1) is 0 Å². The van der Waals surface area contributed by atoms with Crippen LogP contribution < -0.4 is 5.72 Å². The van der Waals surface area contributed by atoms with E-state index in [1.807, 2.05) is 6.20 Å². The van der Waals surface area contributed by atoms with Crippen LogP contribution in [-0.4, -0.2) is 26.4 Å². The Kier molecular flexibility index (Phi) is 8.86. The highest BCUT2D eigenvalue weighted by atomic mass is 28.2. The molecule has 0 saturated carbocycles. The van der Waals surface area contributed by atoms with E-state index in [9.17, 15) is 0 Å². The molecule has 2 nitrogen and oxygen atoms in total. The quantitative estimate of drug-likeness (QED) is 0.191. The van der Waals surface area contributed by atoms with Crippen LogP contribution in [0.1, 0.15) is 35.0 Å². The van der Waals surface area contributed by atoms with Crippen molar-refractivity contribution < 1.29 is 0 Å². The van der Waals surface area contributed by atoms with Gasteiger partial charge < -0.3 is 4.57 Å². The maximum atomic E-state index is 4.75. The number of hydrogen-bond acceptors (Lipinski definition) is 1. The van der Waals surface area contributed by atoms with E-state index in [-0.39, 0.29) is 15.3 Å². The maximum absolute atomic E-state index is 4.75. The van der Waals surface area contributed by atoms with Crippen LogP contribution >= 0.6 is 0 Å². The molecule has 187 valence electrons. The lowest BCUT2D eigenvalue weighted by Gasteiger charge is -2.18. The maximum Gasteiger partial charge on any atom is 0.215 e. The van der Waals surface area contributed by atoms with E-state index in [1.165, 1.54) is 33.9 Å². The number of aromatic nitrogens is 2. The SMILES string of the molecule is CC(C=C(c1ccccc1)c1ccccc1)C[SiH2]Cn1ccnc1[B]C(c1ccccc1)c1ccccc1. The van der Waals surface area contributed by atoms with Crippen molar-refractivity contribution in [2.24, 2.45) is 5.92 Å². The second-order valence-electron chi connectivity index (χ2n) is 9.88. The normalized spacial score (nSPS) is 12.1. The first-order chi connectivity index (χ1) is 18.8. The van der Waals surface area contributed by atoms with Gasteiger partial charge in [0.05, 0.1) is 5.72 Å². The first kappa shape index (κ1) is 25.7. The minimum Gasteiger partial charge on any atom is -0.347 e. The van der Waals surface area contributed by atoms with Crippen molar-refractivity contribution in [3.8, 4) is 0 Å². The van der Waals surface area contributed by atoms with Crippen molar-refractivity contribution in [2.75, 3.05) is 0 Å². The fourth-order valence-electron chi connectivity index (χ4n) is 5.07. The fourth-order valence-corrected chi connectivity index (χ4v) is 6.78. The molecule has 0 amide bonds. The Morgan fingerprint density at radius 2 is 1.26 bits per heavy atom. The minimum absolute atomic E-state index is 0.182. The summed E-state index contributed by atoms with van der Waals surface area (Å²) in [5.41, 5.74) is 7.54. The van der Waals surface area contributed by atoms with Crippen LogP contribution in [0.15, 0.2) is 140 Å². The summed E-state index contributed by atoms with van der Waals surface area (Å²) in [5.74, 6) is 0.704. The predicted molar refractivity (Wildman–Crippen MR) is 165 cm³/mol.